The fourth-order valence-corrected chi connectivity index (χ4v) is 2.08. The molecule has 1 aromatic carbocycles. The summed E-state index contributed by atoms with van der Waals surface area (Å²) in [5, 5.41) is 10.7. The Morgan fingerprint density at radius 2 is 2.26 bits per heavy atom. The molecule has 0 saturated carbocycles. The Labute approximate surface area is 117 Å². The number of nitrogens with two attached hydrogens (primary N) is 1. The van der Waals surface area contributed by atoms with Gasteiger partial charge in [0.05, 0.1) is 10.6 Å². The lowest BCUT2D eigenvalue weighted by atomic mass is 10.1. The topological polar surface area (TPSA) is 89.5 Å². The zero-order valence-corrected chi connectivity index (χ0v) is 11.4. The largest absolute Gasteiger partial charge is 0.330 e. The van der Waals surface area contributed by atoms with Gasteiger partial charge < -0.3 is 10.6 Å². The van der Waals surface area contributed by atoms with Crippen molar-refractivity contribution < 1.29 is 9.72 Å². The summed E-state index contributed by atoms with van der Waals surface area (Å²) in [5.41, 5.74) is 7.11. The van der Waals surface area contributed by atoms with Gasteiger partial charge in [-0.2, -0.15) is 0 Å². The number of rotatable bonds is 3. The number of nitro groups is 1. The molecule has 1 heterocycles. The maximum Gasteiger partial charge on any atom is 0.271 e. The minimum absolute atomic E-state index is 0. The molecule has 2 rings (SSSR count). The third kappa shape index (κ3) is 2.85. The summed E-state index contributed by atoms with van der Waals surface area (Å²) in [6, 6.07) is 4.65. The van der Waals surface area contributed by atoms with Gasteiger partial charge in [0.25, 0.3) is 5.69 Å². The number of carbonyl (C=O) groups excluding carboxylic acids is 1. The average Bonchev–Trinajstić information content (AvgIpc) is 2.79. The van der Waals surface area contributed by atoms with Crippen molar-refractivity contribution in [3.05, 3.63) is 33.9 Å². The summed E-state index contributed by atoms with van der Waals surface area (Å²) in [6.07, 6.45) is 0.732. The molecule has 19 heavy (non-hydrogen) atoms. The highest BCUT2D eigenvalue weighted by Gasteiger charge is 2.28. The van der Waals surface area contributed by atoms with Crippen molar-refractivity contribution in [1.29, 1.82) is 0 Å². The molecule has 1 unspecified atom stereocenters. The number of non-ortho nitro benzene ring substituents is 1. The second-order valence-corrected chi connectivity index (χ2v) is 4.45. The van der Waals surface area contributed by atoms with Crippen molar-refractivity contribution in [2.75, 3.05) is 18.0 Å². The van der Waals surface area contributed by atoms with Gasteiger partial charge in [0.2, 0.25) is 5.91 Å². The average molecular weight is 286 g/mol. The van der Waals surface area contributed by atoms with Gasteiger partial charge in [0.1, 0.15) is 0 Å². The van der Waals surface area contributed by atoms with Crippen LogP contribution in [0.25, 0.3) is 0 Å². The molecule has 0 radical (unpaired) electrons. The Hall–Kier alpha value is -1.66. The Kier molecular flexibility index (Phi) is 4.85. The molecule has 1 aromatic rings. The van der Waals surface area contributed by atoms with Gasteiger partial charge in [-0.05, 0) is 12.0 Å². The van der Waals surface area contributed by atoms with E-state index in [1.165, 1.54) is 12.1 Å². The standard InChI is InChI=1S/C12H15N3O3.ClH/c1-8(7-13)12(16)14-5-4-9-2-3-10(15(17)18)6-11(9)14;/h2-3,6,8H,4-5,7,13H2,1H3;1H. The number of carbonyl (C=O) groups is 1. The van der Waals surface area contributed by atoms with Crippen LogP contribution >= 0.6 is 12.4 Å². The summed E-state index contributed by atoms with van der Waals surface area (Å²) in [6.45, 7) is 2.61. The van der Waals surface area contributed by atoms with Crippen LogP contribution in [0.2, 0.25) is 0 Å². The fraction of sp³-hybridized carbons (Fsp3) is 0.417. The number of nitrogens with zero attached hydrogens (tertiary/aromatic N) is 2. The Morgan fingerprint density at radius 1 is 1.58 bits per heavy atom. The van der Waals surface area contributed by atoms with Gasteiger partial charge in [-0.1, -0.05) is 13.0 Å². The first-order valence-electron chi connectivity index (χ1n) is 5.83. The molecule has 7 heteroatoms. The lowest BCUT2D eigenvalue weighted by Gasteiger charge is -2.20. The van der Waals surface area contributed by atoms with Crippen molar-refractivity contribution >= 4 is 29.7 Å². The van der Waals surface area contributed by atoms with Crippen LogP contribution in [0.3, 0.4) is 0 Å². The van der Waals surface area contributed by atoms with E-state index in [0.29, 0.717) is 12.2 Å². The van der Waals surface area contributed by atoms with Gasteiger partial charge >= 0.3 is 0 Å². The molecule has 1 aliphatic heterocycles. The molecule has 104 valence electrons. The summed E-state index contributed by atoms with van der Waals surface area (Å²) >= 11 is 0. The van der Waals surface area contributed by atoms with Crippen LogP contribution < -0.4 is 10.6 Å². The van der Waals surface area contributed by atoms with Crippen LogP contribution in [0.4, 0.5) is 11.4 Å². The van der Waals surface area contributed by atoms with E-state index in [9.17, 15) is 14.9 Å². The number of anilines is 1. The number of benzene rings is 1. The van der Waals surface area contributed by atoms with E-state index in [2.05, 4.69) is 0 Å². The number of hydrogen-bond donors (Lipinski definition) is 1. The van der Waals surface area contributed by atoms with Crippen LogP contribution in [0.15, 0.2) is 18.2 Å². The summed E-state index contributed by atoms with van der Waals surface area (Å²) in [4.78, 5) is 24.0. The Morgan fingerprint density at radius 3 is 2.84 bits per heavy atom. The van der Waals surface area contributed by atoms with Crippen molar-refractivity contribution in [1.82, 2.24) is 0 Å². The quantitative estimate of drug-likeness (QED) is 0.673. The van der Waals surface area contributed by atoms with E-state index in [0.717, 1.165) is 12.0 Å². The fourth-order valence-electron chi connectivity index (χ4n) is 2.08. The van der Waals surface area contributed by atoms with Crippen molar-refractivity contribution in [2.45, 2.75) is 13.3 Å². The lowest BCUT2D eigenvalue weighted by Crippen LogP contribution is -2.36. The lowest BCUT2D eigenvalue weighted by molar-refractivity contribution is -0.384. The number of amides is 1. The molecule has 0 fully saturated rings. The van der Waals surface area contributed by atoms with E-state index in [1.807, 2.05) is 0 Å². The second-order valence-electron chi connectivity index (χ2n) is 4.45. The first-order chi connectivity index (χ1) is 8.54. The van der Waals surface area contributed by atoms with Crippen LogP contribution in [0.1, 0.15) is 12.5 Å². The highest BCUT2D eigenvalue weighted by Crippen LogP contribution is 2.32. The molecule has 1 amide bonds. The van der Waals surface area contributed by atoms with Crippen molar-refractivity contribution in [3.8, 4) is 0 Å². The van der Waals surface area contributed by atoms with E-state index in [-0.39, 0.29) is 36.5 Å². The maximum absolute atomic E-state index is 12.1. The van der Waals surface area contributed by atoms with Crippen LogP contribution in [-0.2, 0) is 11.2 Å². The van der Waals surface area contributed by atoms with Gasteiger partial charge in [0.15, 0.2) is 0 Å². The van der Waals surface area contributed by atoms with Gasteiger partial charge in [-0.15, -0.1) is 12.4 Å². The molecule has 0 spiro atoms. The third-order valence-electron chi connectivity index (χ3n) is 3.22. The molecular weight excluding hydrogens is 270 g/mol. The summed E-state index contributed by atoms with van der Waals surface area (Å²) in [5.74, 6) is -0.341. The first-order valence-corrected chi connectivity index (χ1v) is 5.83. The van der Waals surface area contributed by atoms with Crippen molar-refractivity contribution in [3.63, 3.8) is 0 Å². The molecule has 0 saturated heterocycles. The van der Waals surface area contributed by atoms with E-state index in [1.54, 1.807) is 17.9 Å². The SMILES string of the molecule is CC(CN)C(=O)N1CCc2ccc([N+](=O)[O-])cc21.Cl. The molecule has 2 N–H and O–H groups in total. The number of fused-ring (bicyclic) bond motifs is 1. The highest BCUT2D eigenvalue weighted by atomic mass is 35.5. The van der Waals surface area contributed by atoms with Crippen LogP contribution in [0.5, 0.6) is 0 Å². The van der Waals surface area contributed by atoms with Crippen molar-refractivity contribution in [2.24, 2.45) is 11.7 Å². The van der Waals surface area contributed by atoms with Crippen LogP contribution in [-0.4, -0.2) is 23.9 Å². The number of nitro benzene ring substituents is 1. The monoisotopic (exact) mass is 285 g/mol. The Balaban J connectivity index is 0.00000180. The first kappa shape index (κ1) is 15.4. The van der Waals surface area contributed by atoms with E-state index < -0.39 is 4.92 Å². The van der Waals surface area contributed by atoms with Gasteiger partial charge in [-0.25, -0.2) is 0 Å². The minimum atomic E-state index is -0.451. The third-order valence-corrected chi connectivity index (χ3v) is 3.22. The Bertz CT molecular complexity index is 507. The van der Waals surface area contributed by atoms with E-state index >= 15 is 0 Å². The van der Waals surface area contributed by atoms with E-state index in [4.69, 9.17) is 5.73 Å². The van der Waals surface area contributed by atoms with Gasteiger partial charge in [-0.3, -0.25) is 14.9 Å². The molecule has 0 aliphatic carbocycles. The number of hydrogen-bond acceptors (Lipinski definition) is 4. The normalized spacial score (nSPS) is 14.5. The summed E-state index contributed by atoms with van der Waals surface area (Å²) in [7, 11) is 0. The molecule has 6 nitrogen and oxygen atoms in total. The molecule has 0 aromatic heterocycles. The molecule has 1 aliphatic rings. The maximum atomic E-state index is 12.1. The predicted octanol–water partition coefficient (Wildman–Crippen LogP) is 1.50. The smallest absolute Gasteiger partial charge is 0.271 e. The minimum Gasteiger partial charge on any atom is -0.330 e. The second kappa shape index (κ2) is 5.99. The zero-order chi connectivity index (χ0) is 13.3. The predicted molar refractivity (Wildman–Crippen MR) is 74.6 cm³/mol. The zero-order valence-electron chi connectivity index (χ0n) is 10.5. The molecule has 1 atom stereocenters. The summed E-state index contributed by atoms with van der Waals surface area (Å²) < 4.78 is 0. The highest BCUT2D eigenvalue weighted by molar-refractivity contribution is 5.97. The van der Waals surface area contributed by atoms with Crippen LogP contribution in [0, 0.1) is 16.0 Å². The number of halogens is 1. The molecule has 0 bridgehead atoms. The van der Waals surface area contributed by atoms with Gasteiger partial charge in [0, 0.05) is 31.1 Å². The molecular formula is C12H16ClN3O3.